The van der Waals surface area contributed by atoms with Crippen molar-refractivity contribution < 1.29 is 9.53 Å². The summed E-state index contributed by atoms with van der Waals surface area (Å²) in [6, 6.07) is 8.42. The summed E-state index contributed by atoms with van der Waals surface area (Å²) in [5.41, 5.74) is 2.04. The second-order valence-corrected chi connectivity index (χ2v) is 5.36. The minimum absolute atomic E-state index is 0.0424. The van der Waals surface area contributed by atoms with E-state index in [1.807, 2.05) is 0 Å². The van der Waals surface area contributed by atoms with E-state index in [2.05, 4.69) is 29.3 Å². The van der Waals surface area contributed by atoms with Crippen molar-refractivity contribution >= 4 is 6.08 Å². The van der Waals surface area contributed by atoms with Crippen LogP contribution in [0.2, 0.25) is 0 Å². The normalized spacial score (nSPS) is 22.7. The molecule has 2 aliphatic rings. The molecule has 3 rings (SSSR count). The Morgan fingerprint density at radius 2 is 1.72 bits per heavy atom. The van der Waals surface area contributed by atoms with Gasteiger partial charge in [-0.1, -0.05) is 24.3 Å². The van der Waals surface area contributed by atoms with Crippen LogP contribution in [0, 0.1) is 0 Å². The summed E-state index contributed by atoms with van der Waals surface area (Å²) < 4.78 is 5.56. The highest BCUT2D eigenvalue weighted by Crippen LogP contribution is 2.50. The summed E-state index contributed by atoms with van der Waals surface area (Å²) in [4.78, 5) is 14.6. The summed E-state index contributed by atoms with van der Waals surface area (Å²) in [6.45, 7) is 0. The van der Waals surface area contributed by atoms with E-state index in [0.29, 0.717) is 0 Å². The van der Waals surface area contributed by atoms with Crippen LogP contribution < -0.4 is 0 Å². The lowest BCUT2D eigenvalue weighted by Gasteiger charge is -2.37. The Labute approximate surface area is 107 Å². The SMILES string of the molecule is COC1(c2ccc(C3(N=C=O)CCC3)cc2)CC1. The largest absolute Gasteiger partial charge is 0.374 e. The first kappa shape index (κ1) is 11.6. The van der Waals surface area contributed by atoms with E-state index in [1.54, 1.807) is 13.2 Å². The number of hydrogen-bond donors (Lipinski definition) is 0. The Hall–Kier alpha value is -1.44. The first-order valence-corrected chi connectivity index (χ1v) is 6.50. The van der Waals surface area contributed by atoms with Crippen molar-refractivity contribution in [2.45, 2.75) is 43.2 Å². The third-order valence-corrected chi connectivity index (χ3v) is 4.48. The molecule has 2 aliphatic carbocycles. The van der Waals surface area contributed by atoms with E-state index in [9.17, 15) is 4.79 Å². The number of hydrogen-bond acceptors (Lipinski definition) is 3. The van der Waals surface area contributed by atoms with E-state index in [4.69, 9.17) is 4.74 Å². The standard InChI is InChI=1S/C15H17NO2/c1-18-15(9-10-15)13-5-3-12(4-6-13)14(16-11-17)7-2-8-14/h3-6H,2,7-10H2,1H3. The van der Waals surface area contributed by atoms with Gasteiger partial charge in [0.2, 0.25) is 6.08 Å². The maximum Gasteiger partial charge on any atom is 0.235 e. The van der Waals surface area contributed by atoms with E-state index in [0.717, 1.165) is 37.7 Å². The maximum absolute atomic E-state index is 10.6. The van der Waals surface area contributed by atoms with E-state index < -0.39 is 0 Å². The predicted molar refractivity (Wildman–Crippen MR) is 68.0 cm³/mol. The highest BCUT2D eigenvalue weighted by Gasteiger charge is 2.45. The summed E-state index contributed by atoms with van der Waals surface area (Å²) in [5, 5.41) is 0. The van der Waals surface area contributed by atoms with Gasteiger partial charge in [-0.3, -0.25) is 0 Å². The first-order chi connectivity index (χ1) is 8.75. The maximum atomic E-state index is 10.6. The van der Waals surface area contributed by atoms with E-state index in [-0.39, 0.29) is 11.1 Å². The molecule has 2 fully saturated rings. The number of rotatable bonds is 4. The van der Waals surface area contributed by atoms with Gasteiger partial charge in [0, 0.05) is 7.11 Å². The number of nitrogens with zero attached hydrogens (tertiary/aromatic N) is 1. The van der Waals surface area contributed by atoms with Gasteiger partial charge >= 0.3 is 0 Å². The van der Waals surface area contributed by atoms with Crippen LogP contribution in [0.1, 0.15) is 43.2 Å². The van der Waals surface area contributed by atoms with E-state index in [1.165, 1.54) is 5.56 Å². The molecule has 0 saturated heterocycles. The number of ether oxygens (including phenoxy) is 1. The zero-order chi connectivity index (χ0) is 12.6. The molecule has 94 valence electrons. The molecule has 0 bridgehead atoms. The zero-order valence-electron chi connectivity index (χ0n) is 10.6. The molecule has 0 radical (unpaired) electrons. The molecule has 0 atom stereocenters. The van der Waals surface area contributed by atoms with Crippen molar-refractivity contribution in [2.75, 3.05) is 7.11 Å². The van der Waals surface area contributed by atoms with Gasteiger partial charge in [0.05, 0.1) is 11.1 Å². The molecule has 0 heterocycles. The fourth-order valence-electron chi connectivity index (χ4n) is 2.87. The highest BCUT2D eigenvalue weighted by molar-refractivity contribution is 5.41. The lowest BCUT2D eigenvalue weighted by molar-refractivity contribution is 0.0788. The van der Waals surface area contributed by atoms with Crippen LogP contribution in [0.15, 0.2) is 29.3 Å². The minimum Gasteiger partial charge on any atom is -0.374 e. The molecule has 0 amide bonds. The molecule has 0 aromatic heterocycles. The molecular formula is C15H17NO2. The topological polar surface area (TPSA) is 38.7 Å². The van der Waals surface area contributed by atoms with Crippen molar-refractivity contribution in [1.29, 1.82) is 0 Å². The lowest BCUT2D eigenvalue weighted by Crippen LogP contribution is -2.31. The van der Waals surface area contributed by atoms with Gasteiger partial charge in [-0.2, -0.15) is 4.99 Å². The van der Waals surface area contributed by atoms with Crippen LogP contribution in [0.25, 0.3) is 0 Å². The smallest absolute Gasteiger partial charge is 0.235 e. The van der Waals surface area contributed by atoms with Crippen LogP contribution in [0.5, 0.6) is 0 Å². The number of benzene rings is 1. The fourth-order valence-corrected chi connectivity index (χ4v) is 2.87. The van der Waals surface area contributed by atoms with Crippen molar-refractivity contribution in [3.63, 3.8) is 0 Å². The first-order valence-electron chi connectivity index (χ1n) is 6.50. The molecule has 0 spiro atoms. The van der Waals surface area contributed by atoms with Crippen molar-refractivity contribution in [3.8, 4) is 0 Å². The number of carbonyl (C=O) groups excluding carboxylic acids is 1. The molecule has 18 heavy (non-hydrogen) atoms. The third kappa shape index (κ3) is 1.63. The summed E-state index contributed by atoms with van der Waals surface area (Å²) >= 11 is 0. The molecular weight excluding hydrogens is 226 g/mol. The van der Waals surface area contributed by atoms with Crippen LogP contribution in [-0.4, -0.2) is 13.2 Å². The molecule has 1 aromatic rings. The van der Waals surface area contributed by atoms with Gasteiger partial charge in [-0.25, -0.2) is 4.79 Å². The molecule has 1 aromatic carbocycles. The Morgan fingerprint density at radius 1 is 1.11 bits per heavy atom. The average Bonchev–Trinajstić information content (AvgIpc) is 3.15. The zero-order valence-corrected chi connectivity index (χ0v) is 10.6. The van der Waals surface area contributed by atoms with Crippen LogP contribution in [0.3, 0.4) is 0 Å². The summed E-state index contributed by atoms with van der Waals surface area (Å²) in [5.74, 6) is 0. The third-order valence-electron chi connectivity index (χ3n) is 4.48. The molecule has 3 heteroatoms. The fraction of sp³-hybridized carbons (Fsp3) is 0.533. The lowest BCUT2D eigenvalue weighted by atomic mass is 9.72. The van der Waals surface area contributed by atoms with Gasteiger partial charge in [-0.05, 0) is 43.2 Å². The Morgan fingerprint density at radius 3 is 2.11 bits per heavy atom. The molecule has 0 unspecified atom stereocenters. The van der Waals surface area contributed by atoms with Gasteiger partial charge in [0.15, 0.2) is 0 Å². The summed E-state index contributed by atoms with van der Waals surface area (Å²) in [7, 11) is 1.77. The quantitative estimate of drug-likeness (QED) is 0.602. The molecule has 2 saturated carbocycles. The van der Waals surface area contributed by atoms with Gasteiger partial charge in [0.25, 0.3) is 0 Å². The Balaban J connectivity index is 1.89. The van der Waals surface area contributed by atoms with Crippen LogP contribution >= 0.6 is 0 Å². The van der Waals surface area contributed by atoms with Gasteiger partial charge in [-0.15, -0.1) is 0 Å². The van der Waals surface area contributed by atoms with Crippen molar-refractivity contribution in [3.05, 3.63) is 35.4 Å². The minimum atomic E-state index is -0.288. The highest BCUT2D eigenvalue weighted by atomic mass is 16.5. The molecule has 3 nitrogen and oxygen atoms in total. The molecule has 0 aliphatic heterocycles. The monoisotopic (exact) mass is 243 g/mol. The van der Waals surface area contributed by atoms with E-state index >= 15 is 0 Å². The van der Waals surface area contributed by atoms with Crippen molar-refractivity contribution in [2.24, 2.45) is 4.99 Å². The Bertz CT molecular complexity index is 492. The van der Waals surface area contributed by atoms with Crippen molar-refractivity contribution in [1.82, 2.24) is 0 Å². The summed E-state index contributed by atoms with van der Waals surface area (Å²) in [6.07, 6.45) is 6.97. The number of isocyanates is 1. The van der Waals surface area contributed by atoms with Gasteiger partial charge < -0.3 is 4.74 Å². The average molecular weight is 243 g/mol. The number of aliphatic imine (C=N–C) groups is 1. The van der Waals surface area contributed by atoms with Crippen LogP contribution in [0.4, 0.5) is 0 Å². The van der Waals surface area contributed by atoms with Gasteiger partial charge in [0.1, 0.15) is 0 Å². The van der Waals surface area contributed by atoms with Crippen LogP contribution in [-0.2, 0) is 20.7 Å². The predicted octanol–water partition coefficient (Wildman–Crippen LogP) is 3.04. The second kappa shape index (κ2) is 4.04. The number of methoxy groups -OCH3 is 1. The molecule has 0 N–H and O–H groups in total. The second-order valence-electron chi connectivity index (χ2n) is 5.36. The Kier molecular flexibility index (Phi) is 2.61.